The number of carbonyl (C=O) groups excluding carboxylic acids is 1. The van der Waals surface area contributed by atoms with Crippen molar-refractivity contribution < 1.29 is 13.9 Å². The third-order valence-electron chi connectivity index (χ3n) is 5.10. The first-order valence-corrected chi connectivity index (χ1v) is 9.09. The third-order valence-corrected chi connectivity index (χ3v) is 5.10. The van der Waals surface area contributed by atoms with Crippen LogP contribution in [0.1, 0.15) is 10.4 Å². The van der Waals surface area contributed by atoms with Crippen LogP contribution in [0.4, 0.5) is 4.39 Å². The number of likely N-dealkylation sites (N-methyl/N-ethyl adjacent to an activating group) is 2. The van der Waals surface area contributed by atoms with Crippen LogP contribution in [0.2, 0.25) is 0 Å². The van der Waals surface area contributed by atoms with E-state index in [0.29, 0.717) is 29.5 Å². The van der Waals surface area contributed by atoms with Gasteiger partial charge in [-0.25, -0.2) is 4.39 Å². The van der Waals surface area contributed by atoms with Gasteiger partial charge in [0.2, 0.25) is 0 Å². The predicted molar refractivity (Wildman–Crippen MR) is 105 cm³/mol. The second kappa shape index (κ2) is 8.50. The van der Waals surface area contributed by atoms with E-state index < -0.39 is 0 Å². The summed E-state index contributed by atoms with van der Waals surface area (Å²) in [4.78, 5) is 17.0. The average molecular weight is 371 g/mol. The fraction of sp³-hybridized carbons (Fsp3) is 0.381. The van der Waals surface area contributed by atoms with Crippen molar-refractivity contribution in [2.45, 2.75) is 6.04 Å². The fourth-order valence-electron chi connectivity index (χ4n) is 3.34. The van der Waals surface area contributed by atoms with E-state index in [2.05, 4.69) is 29.2 Å². The van der Waals surface area contributed by atoms with Crippen LogP contribution in [0, 0.1) is 5.82 Å². The zero-order valence-electron chi connectivity index (χ0n) is 16.0. The smallest absolute Gasteiger partial charge is 0.251 e. The Bertz CT molecular complexity index is 795. The lowest BCUT2D eigenvalue weighted by Gasteiger charge is -2.37. The molecule has 1 heterocycles. The molecule has 5 nitrogen and oxygen atoms in total. The van der Waals surface area contributed by atoms with Gasteiger partial charge in [-0.1, -0.05) is 12.1 Å². The summed E-state index contributed by atoms with van der Waals surface area (Å²) in [6, 6.07) is 11.8. The molecule has 144 valence electrons. The van der Waals surface area contributed by atoms with Gasteiger partial charge in [-0.3, -0.25) is 9.69 Å². The van der Waals surface area contributed by atoms with Crippen molar-refractivity contribution >= 4 is 5.91 Å². The molecule has 0 spiro atoms. The van der Waals surface area contributed by atoms with Crippen molar-refractivity contribution in [1.29, 1.82) is 0 Å². The van der Waals surface area contributed by atoms with E-state index >= 15 is 0 Å². The van der Waals surface area contributed by atoms with E-state index in [4.69, 9.17) is 4.74 Å². The van der Waals surface area contributed by atoms with Crippen LogP contribution in [0.5, 0.6) is 5.75 Å². The highest BCUT2D eigenvalue weighted by atomic mass is 19.1. The van der Waals surface area contributed by atoms with E-state index in [1.54, 1.807) is 25.3 Å². The fourth-order valence-corrected chi connectivity index (χ4v) is 3.34. The number of carbonyl (C=O) groups is 1. The SMILES string of the molecule is COc1ccc(F)cc1-c1ccc(C(=O)NC[C@@H]2CN(C)CCN2C)cc1. The van der Waals surface area contributed by atoms with Crippen LogP contribution in [-0.2, 0) is 0 Å². The van der Waals surface area contributed by atoms with E-state index in [9.17, 15) is 9.18 Å². The average Bonchev–Trinajstić information content (AvgIpc) is 2.68. The molecule has 0 aliphatic carbocycles. The van der Waals surface area contributed by atoms with Gasteiger partial charge in [0.1, 0.15) is 11.6 Å². The van der Waals surface area contributed by atoms with Crippen LogP contribution in [0.3, 0.4) is 0 Å². The molecule has 3 rings (SSSR count). The largest absolute Gasteiger partial charge is 0.496 e. The molecular formula is C21H26FN3O2. The van der Waals surface area contributed by atoms with Crippen LogP contribution >= 0.6 is 0 Å². The number of amides is 1. The van der Waals surface area contributed by atoms with Crippen molar-refractivity contribution in [1.82, 2.24) is 15.1 Å². The highest BCUT2D eigenvalue weighted by Crippen LogP contribution is 2.30. The van der Waals surface area contributed by atoms with Crippen LogP contribution in [0.15, 0.2) is 42.5 Å². The zero-order chi connectivity index (χ0) is 19.4. The standard InChI is InChI=1S/C21H26FN3O2/c1-24-10-11-25(2)18(14-24)13-23-21(26)16-6-4-15(5-7-16)19-12-17(22)8-9-20(19)27-3/h4-9,12,18H,10-11,13-14H2,1-3H3,(H,23,26)/t18-/m1/s1. The Balaban J connectivity index is 1.66. The molecule has 1 aliphatic rings. The number of hydrogen-bond donors (Lipinski definition) is 1. The quantitative estimate of drug-likeness (QED) is 0.877. The van der Waals surface area contributed by atoms with Crippen molar-refractivity contribution in [2.24, 2.45) is 0 Å². The van der Waals surface area contributed by atoms with Gasteiger partial charge in [0.05, 0.1) is 7.11 Å². The summed E-state index contributed by atoms with van der Waals surface area (Å²) in [5.74, 6) is 0.168. The second-order valence-electron chi connectivity index (χ2n) is 7.03. The Morgan fingerprint density at radius 3 is 2.63 bits per heavy atom. The minimum atomic E-state index is -0.325. The number of nitrogens with one attached hydrogen (secondary N) is 1. The van der Waals surface area contributed by atoms with Gasteiger partial charge in [-0.2, -0.15) is 0 Å². The van der Waals surface area contributed by atoms with E-state index in [1.807, 2.05) is 12.1 Å². The van der Waals surface area contributed by atoms with Gasteiger partial charge in [0, 0.05) is 43.3 Å². The number of benzene rings is 2. The topological polar surface area (TPSA) is 44.8 Å². The van der Waals surface area contributed by atoms with Crippen LogP contribution < -0.4 is 10.1 Å². The maximum absolute atomic E-state index is 13.6. The number of hydrogen-bond acceptors (Lipinski definition) is 4. The Hall–Kier alpha value is -2.44. The van der Waals surface area contributed by atoms with Crippen molar-refractivity contribution in [3.63, 3.8) is 0 Å². The summed E-state index contributed by atoms with van der Waals surface area (Å²) in [7, 11) is 5.74. The third kappa shape index (κ3) is 4.64. The van der Waals surface area contributed by atoms with Crippen molar-refractivity contribution in [2.75, 3.05) is 47.4 Å². The van der Waals surface area contributed by atoms with Crippen LogP contribution in [0.25, 0.3) is 11.1 Å². The molecule has 0 bridgehead atoms. The molecule has 6 heteroatoms. The Morgan fingerprint density at radius 1 is 1.19 bits per heavy atom. The lowest BCUT2D eigenvalue weighted by atomic mass is 10.0. The monoisotopic (exact) mass is 371 g/mol. The molecular weight excluding hydrogens is 345 g/mol. The summed E-state index contributed by atoms with van der Waals surface area (Å²) in [5.41, 5.74) is 2.05. The molecule has 1 atom stereocenters. The zero-order valence-corrected chi connectivity index (χ0v) is 16.0. The Labute approximate surface area is 159 Å². The lowest BCUT2D eigenvalue weighted by Crippen LogP contribution is -2.54. The van der Waals surface area contributed by atoms with E-state index in [0.717, 1.165) is 25.2 Å². The highest BCUT2D eigenvalue weighted by Gasteiger charge is 2.22. The normalized spacial score (nSPS) is 18.3. The molecule has 0 aromatic heterocycles. The van der Waals surface area contributed by atoms with Gasteiger partial charge in [0.15, 0.2) is 0 Å². The van der Waals surface area contributed by atoms with E-state index in [-0.39, 0.29) is 11.7 Å². The second-order valence-corrected chi connectivity index (χ2v) is 7.03. The van der Waals surface area contributed by atoms with Gasteiger partial charge in [-0.05, 0) is 50.0 Å². The molecule has 1 amide bonds. The number of nitrogens with zero attached hydrogens (tertiary/aromatic N) is 2. The summed E-state index contributed by atoms with van der Waals surface area (Å²) in [6.07, 6.45) is 0. The van der Waals surface area contributed by atoms with Gasteiger partial charge >= 0.3 is 0 Å². The maximum atomic E-state index is 13.6. The molecule has 2 aromatic carbocycles. The molecule has 2 aromatic rings. The van der Waals surface area contributed by atoms with Crippen molar-refractivity contribution in [3.05, 3.63) is 53.8 Å². The first-order chi connectivity index (χ1) is 13.0. The number of rotatable bonds is 5. The molecule has 1 fully saturated rings. The number of methoxy groups -OCH3 is 1. The minimum Gasteiger partial charge on any atom is -0.496 e. The molecule has 1 saturated heterocycles. The Morgan fingerprint density at radius 2 is 1.93 bits per heavy atom. The first-order valence-electron chi connectivity index (χ1n) is 9.09. The summed E-state index contributed by atoms with van der Waals surface area (Å²) in [5, 5.41) is 3.02. The van der Waals surface area contributed by atoms with Crippen molar-refractivity contribution in [3.8, 4) is 16.9 Å². The number of ether oxygens (including phenoxy) is 1. The number of piperazine rings is 1. The van der Waals surface area contributed by atoms with Gasteiger partial charge < -0.3 is 15.0 Å². The summed E-state index contributed by atoms with van der Waals surface area (Å²) < 4.78 is 18.9. The van der Waals surface area contributed by atoms with Gasteiger partial charge in [0.25, 0.3) is 5.91 Å². The molecule has 0 radical (unpaired) electrons. The first kappa shape index (κ1) is 19.3. The van der Waals surface area contributed by atoms with E-state index in [1.165, 1.54) is 12.1 Å². The molecule has 0 unspecified atom stereocenters. The van der Waals surface area contributed by atoms with Crippen LogP contribution in [-0.4, -0.2) is 69.1 Å². The highest BCUT2D eigenvalue weighted by molar-refractivity contribution is 5.94. The molecule has 1 aliphatic heterocycles. The molecule has 27 heavy (non-hydrogen) atoms. The predicted octanol–water partition coefficient (Wildman–Crippen LogP) is 2.48. The minimum absolute atomic E-state index is 0.102. The molecule has 1 N–H and O–H groups in total. The maximum Gasteiger partial charge on any atom is 0.251 e. The Kier molecular flexibility index (Phi) is 6.08. The van der Waals surface area contributed by atoms with Gasteiger partial charge in [-0.15, -0.1) is 0 Å². The molecule has 0 saturated carbocycles. The lowest BCUT2D eigenvalue weighted by molar-refractivity contribution is 0.0881. The summed E-state index contributed by atoms with van der Waals surface area (Å²) >= 11 is 0. The summed E-state index contributed by atoms with van der Waals surface area (Å²) in [6.45, 7) is 3.60. The number of halogens is 1.